The van der Waals surface area contributed by atoms with Gasteiger partial charge in [0.1, 0.15) is 0 Å². The molecule has 0 aromatic heterocycles. The summed E-state index contributed by atoms with van der Waals surface area (Å²) in [7, 11) is 0. The highest BCUT2D eigenvalue weighted by atomic mass is 16.1. The van der Waals surface area contributed by atoms with Gasteiger partial charge in [-0.05, 0) is 32.6 Å². The Morgan fingerprint density at radius 3 is 2.62 bits per heavy atom. The van der Waals surface area contributed by atoms with Crippen LogP contribution < -0.4 is 11.1 Å². The lowest BCUT2D eigenvalue weighted by Crippen LogP contribution is -2.50. The lowest BCUT2D eigenvalue weighted by atomic mass is 9.75. The van der Waals surface area contributed by atoms with E-state index in [1.54, 1.807) is 0 Å². The first-order chi connectivity index (χ1) is 7.56. The van der Waals surface area contributed by atoms with Crippen LogP contribution in [0.25, 0.3) is 0 Å². The van der Waals surface area contributed by atoms with Crippen LogP contribution in [0.3, 0.4) is 0 Å². The van der Waals surface area contributed by atoms with Crippen molar-refractivity contribution in [2.24, 2.45) is 5.73 Å². The Morgan fingerprint density at radius 2 is 2.12 bits per heavy atom. The molecule has 3 N–H and O–H groups in total. The largest absolute Gasteiger partial charge is 0.354 e. The zero-order chi connectivity index (χ0) is 12.0. The Hall–Kier alpha value is -0.570. The second-order valence-electron chi connectivity index (χ2n) is 5.36. The van der Waals surface area contributed by atoms with E-state index in [-0.39, 0.29) is 11.4 Å². The number of hydrogen-bond acceptors (Lipinski definition) is 2. The molecule has 1 unspecified atom stereocenters. The Labute approximate surface area is 99.2 Å². The van der Waals surface area contributed by atoms with Gasteiger partial charge in [0.25, 0.3) is 0 Å². The number of unbranched alkanes of at least 4 members (excludes halogenated alkanes) is 2. The van der Waals surface area contributed by atoms with Gasteiger partial charge < -0.3 is 11.1 Å². The Balaban J connectivity index is 2.12. The second kappa shape index (κ2) is 6.24. The van der Waals surface area contributed by atoms with E-state index in [1.165, 1.54) is 25.7 Å². The average molecular weight is 226 g/mol. The molecule has 1 atom stereocenters. The molecule has 0 aliphatic heterocycles. The third-order valence-electron chi connectivity index (χ3n) is 3.51. The van der Waals surface area contributed by atoms with E-state index in [2.05, 4.69) is 19.2 Å². The number of amides is 1. The van der Waals surface area contributed by atoms with E-state index in [1.807, 2.05) is 0 Å². The molecule has 94 valence electrons. The first kappa shape index (κ1) is 13.5. The lowest BCUT2D eigenvalue weighted by molar-refractivity contribution is -0.123. The van der Waals surface area contributed by atoms with Crippen LogP contribution in [-0.4, -0.2) is 17.5 Å². The van der Waals surface area contributed by atoms with Crippen LogP contribution in [0.2, 0.25) is 0 Å². The molecule has 1 saturated carbocycles. The van der Waals surface area contributed by atoms with Crippen molar-refractivity contribution in [2.75, 3.05) is 0 Å². The third-order valence-corrected chi connectivity index (χ3v) is 3.51. The SMILES string of the molecule is CCCCCC(C)NC(=O)CC1(N)CCC1. The second-order valence-corrected chi connectivity index (χ2v) is 5.36. The normalized spacial score (nSPS) is 19.9. The molecular weight excluding hydrogens is 200 g/mol. The summed E-state index contributed by atoms with van der Waals surface area (Å²) in [5.41, 5.74) is 5.85. The fourth-order valence-corrected chi connectivity index (χ4v) is 2.23. The molecule has 1 fully saturated rings. The van der Waals surface area contributed by atoms with Crippen LogP contribution in [0, 0.1) is 0 Å². The summed E-state index contributed by atoms with van der Waals surface area (Å²) in [6.45, 7) is 4.27. The molecule has 0 aromatic carbocycles. The predicted octanol–water partition coefficient (Wildman–Crippen LogP) is 2.34. The van der Waals surface area contributed by atoms with E-state index in [0.29, 0.717) is 12.5 Å². The van der Waals surface area contributed by atoms with Crippen LogP contribution in [0.1, 0.15) is 65.2 Å². The maximum Gasteiger partial charge on any atom is 0.222 e. The number of hydrogen-bond donors (Lipinski definition) is 2. The predicted molar refractivity (Wildman–Crippen MR) is 67.1 cm³/mol. The summed E-state index contributed by atoms with van der Waals surface area (Å²) < 4.78 is 0. The molecule has 1 amide bonds. The molecule has 0 aromatic rings. The molecule has 3 heteroatoms. The number of carbonyl (C=O) groups excluding carboxylic acids is 1. The summed E-state index contributed by atoms with van der Waals surface area (Å²) in [5.74, 6) is 0.131. The molecular formula is C13H26N2O. The van der Waals surface area contributed by atoms with Gasteiger partial charge >= 0.3 is 0 Å². The molecule has 0 spiro atoms. The monoisotopic (exact) mass is 226 g/mol. The summed E-state index contributed by atoms with van der Waals surface area (Å²) in [6.07, 6.45) is 8.45. The molecule has 3 nitrogen and oxygen atoms in total. The summed E-state index contributed by atoms with van der Waals surface area (Å²) in [6, 6.07) is 0.294. The van der Waals surface area contributed by atoms with Crippen LogP contribution >= 0.6 is 0 Å². The van der Waals surface area contributed by atoms with Crippen LogP contribution in [0.4, 0.5) is 0 Å². The van der Waals surface area contributed by atoms with Crippen LogP contribution in [0.5, 0.6) is 0 Å². The van der Waals surface area contributed by atoms with Crippen LogP contribution in [0.15, 0.2) is 0 Å². The van der Waals surface area contributed by atoms with Gasteiger partial charge in [0.05, 0.1) is 0 Å². The minimum atomic E-state index is -0.187. The van der Waals surface area contributed by atoms with E-state index in [9.17, 15) is 4.79 Å². The Kier molecular flexibility index (Phi) is 5.26. The molecule has 0 radical (unpaired) electrons. The van der Waals surface area contributed by atoms with Gasteiger partial charge in [-0.1, -0.05) is 26.2 Å². The van der Waals surface area contributed by atoms with E-state index in [0.717, 1.165) is 19.3 Å². The Morgan fingerprint density at radius 1 is 1.44 bits per heavy atom. The molecule has 0 saturated heterocycles. The fraction of sp³-hybridized carbons (Fsp3) is 0.923. The molecule has 1 rings (SSSR count). The summed E-state index contributed by atoms with van der Waals surface area (Å²) in [4.78, 5) is 11.7. The molecule has 0 heterocycles. The topological polar surface area (TPSA) is 55.1 Å². The summed E-state index contributed by atoms with van der Waals surface area (Å²) in [5, 5.41) is 3.04. The van der Waals surface area contributed by atoms with E-state index < -0.39 is 0 Å². The molecule has 0 bridgehead atoms. The quantitative estimate of drug-likeness (QED) is 0.655. The highest BCUT2D eigenvalue weighted by Gasteiger charge is 2.34. The highest BCUT2D eigenvalue weighted by molar-refractivity contribution is 5.77. The first-order valence-corrected chi connectivity index (χ1v) is 6.64. The van der Waals surface area contributed by atoms with Crippen molar-refractivity contribution in [1.82, 2.24) is 5.32 Å². The minimum absolute atomic E-state index is 0.131. The van der Waals surface area contributed by atoms with Gasteiger partial charge in [0.15, 0.2) is 0 Å². The van der Waals surface area contributed by atoms with Crippen molar-refractivity contribution >= 4 is 5.91 Å². The molecule has 1 aliphatic rings. The van der Waals surface area contributed by atoms with Crippen molar-refractivity contribution in [3.8, 4) is 0 Å². The molecule has 1 aliphatic carbocycles. The fourth-order valence-electron chi connectivity index (χ4n) is 2.23. The van der Waals surface area contributed by atoms with Crippen molar-refractivity contribution < 1.29 is 4.79 Å². The smallest absolute Gasteiger partial charge is 0.222 e. The minimum Gasteiger partial charge on any atom is -0.354 e. The van der Waals surface area contributed by atoms with Crippen molar-refractivity contribution in [2.45, 2.75) is 76.8 Å². The van der Waals surface area contributed by atoms with Crippen molar-refractivity contribution in [3.05, 3.63) is 0 Å². The number of nitrogens with one attached hydrogen (secondary N) is 1. The number of nitrogens with two attached hydrogens (primary N) is 1. The van der Waals surface area contributed by atoms with Gasteiger partial charge in [-0.15, -0.1) is 0 Å². The Bertz CT molecular complexity index is 224. The van der Waals surface area contributed by atoms with Gasteiger partial charge in [0, 0.05) is 18.0 Å². The van der Waals surface area contributed by atoms with Crippen molar-refractivity contribution in [1.29, 1.82) is 0 Å². The maximum atomic E-state index is 11.7. The van der Waals surface area contributed by atoms with Crippen LogP contribution in [-0.2, 0) is 4.79 Å². The standard InChI is InChI=1S/C13H26N2O/c1-3-4-5-7-11(2)15-12(16)10-13(14)8-6-9-13/h11H,3-10,14H2,1-2H3,(H,15,16). The van der Waals surface area contributed by atoms with Gasteiger partial charge in [-0.2, -0.15) is 0 Å². The van der Waals surface area contributed by atoms with Gasteiger partial charge in [-0.3, -0.25) is 4.79 Å². The van der Waals surface area contributed by atoms with Gasteiger partial charge in [-0.25, -0.2) is 0 Å². The lowest BCUT2D eigenvalue weighted by Gasteiger charge is -2.37. The maximum absolute atomic E-state index is 11.7. The third kappa shape index (κ3) is 4.52. The first-order valence-electron chi connectivity index (χ1n) is 6.64. The average Bonchev–Trinajstić information content (AvgIpc) is 2.15. The zero-order valence-electron chi connectivity index (χ0n) is 10.7. The van der Waals surface area contributed by atoms with Gasteiger partial charge in [0.2, 0.25) is 5.91 Å². The molecule has 16 heavy (non-hydrogen) atoms. The zero-order valence-corrected chi connectivity index (χ0v) is 10.7. The van der Waals surface area contributed by atoms with E-state index >= 15 is 0 Å². The van der Waals surface area contributed by atoms with E-state index in [4.69, 9.17) is 5.73 Å². The number of carbonyl (C=O) groups is 1. The highest BCUT2D eigenvalue weighted by Crippen LogP contribution is 2.31. The number of rotatable bonds is 7. The summed E-state index contributed by atoms with van der Waals surface area (Å²) >= 11 is 0. The van der Waals surface area contributed by atoms with Crippen molar-refractivity contribution in [3.63, 3.8) is 0 Å².